The molecule has 0 aromatic carbocycles. The number of thioether (sulfide) groups is 1. The Bertz CT molecular complexity index is 178. The topological polar surface area (TPSA) is 63.3 Å². The summed E-state index contributed by atoms with van der Waals surface area (Å²) in [5.74, 6) is 1.02. The van der Waals surface area contributed by atoms with Crippen molar-refractivity contribution in [1.29, 1.82) is 0 Å². The van der Waals surface area contributed by atoms with E-state index in [1.165, 1.54) is 0 Å². The molecule has 1 rings (SSSR count). The molecule has 1 aliphatic rings. The number of rotatable bonds is 4. The van der Waals surface area contributed by atoms with E-state index in [0.717, 1.165) is 5.75 Å². The van der Waals surface area contributed by atoms with E-state index in [4.69, 9.17) is 10.8 Å². The van der Waals surface area contributed by atoms with Crippen molar-refractivity contribution in [1.82, 2.24) is 0 Å². The summed E-state index contributed by atoms with van der Waals surface area (Å²) in [5.41, 5.74) is 5.09. The van der Waals surface area contributed by atoms with Gasteiger partial charge in [-0.05, 0) is 18.6 Å². The SMILES string of the molecule is CCSCC1(C(=O)O)CC(N)C1. The first kappa shape index (κ1) is 9.86. The summed E-state index contributed by atoms with van der Waals surface area (Å²) in [6.45, 7) is 2.04. The Balaban J connectivity index is 2.45. The van der Waals surface area contributed by atoms with Gasteiger partial charge in [0, 0.05) is 11.8 Å². The van der Waals surface area contributed by atoms with Crippen molar-refractivity contribution in [2.75, 3.05) is 11.5 Å². The van der Waals surface area contributed by atoms with E-state index in [1.807, 2.05) is 6.92 Å². The van der Waals surface area contributed by atoms with Gasteiger partial charge in [-0.15, -0.1) is 0 Å². The van der Waals surface area contributed by atoms with E-state index >= 15 is 0 Å². The Morgan fingerprint density at radius 1 is 1.75 bits per heavy atom. The summed E-state index contributed by atoms with van der Waals surface area (Å²) >= 11 is 1.68. The predicted molar refractivity (Wildman–Crippen MR) is 50.3 cm³/mol. The van der Waals surface area contributed by atoms with Crippen molar-refractivity contribution < 1.29 is 9.90 Å². The Morgan fingerprint density at radius 2 is 2.33 bits per heavy atom. The second-order valence-electron chi connectivity index (χ2n) is 3.39. The van der Waals surface area contributed by atoms with Crippen LogP contribution in [0.1, 0.15) is 19.8 Å². The van der Waals surface area contributed by atoms with E-state index in [1.54, 1.807) is 11.8 Å². The van der Waals surface area contributed by atoms with Crippen LogP contribution in [0.3, 0.4) is 0 Å². The third-order valence-electron chi connectivity index (χ3n) is 2.34. The van der Waals surface area contributed by atoms with Gasteiger partial charge >= 0.3 is 5.97 Å². The highest BCUT2D eigenvalue weighted by atomic mass is 32.2. The molecular formula is C8H15NO2S. The maximum Gasteiger partial charge on any atom is 0.310 e. The minimum Gasteiger partial charge on any atom is -0.481 e. The fraction of sp³-hybridized carbons (Fsp3) is 0.875. The maximum atomic E-state index is 10.9. The van der Waals surface area contributed by atoms with Gasteiger partial charge in [-0.2, -0.15) is 11.8 Å². The molecule has 0 radical (unpaired) electrons. The summed E-state index contributed by atoms with van der Waals surface area (Å²) in [7, 11) is 0. The van der Waals surface area contributed by atoms with Crippen molar-refractivity contribution in [2.24, 2.45) is 11.1 Å². The molecule has 1 aliphatic carbocycles. The van der Waals surface area contributed by atoms with Gasteiger partial charge in [0.1, 0.15) is 0 Å². The van der Waals surface area contributed by atoms with Gasteiger partial charge < -0.3 is 10.8 Å². The van der Waals surface area contributed by atoms with Gasteiger partial charge in [-0.25, -0.2) is 0 Å². The lowest BCUT2D eigenvalue weighted by Crippen LogP contribution is -2.52. The molecule has 0 spiro atoms. The quantitative estimate of drug-likeness (QED) is 0.690. The largest absolute Gasteiger partial charge is 0.481 e. The van der Waals surface area contributed by atoms with Gasteiger partial charge in [-0.1, -0.05) is 6.92 Å². The van der Waals surface area contributed by atoms with E-state index in [9.17, 15) is 4.79 Å². The van der Waals surface area contributed by atoms with Crippen molar-refractivity contribution in [3.05, 3.63) is 0 Å². The van der Waals surface area contributed by atoms with Crippen LogP contribution < -0.4 is 5.73 Å². The van der Waals surface area contributed by atoms with Crippen LogP contribution in [0.25, 0.3) is 0 Å². The van der Waals surface area contributed by atoms with Crippen LogP contribution in [0.5, 0.6) is 0 Å². The van der Waals surface area contributed by atoms with Crippen LogP contribution in [0.15, 0.2) is 0 Å². The Hall–Kier alpha value is -0.220. The average Bonchev–Trinajstić information content (AvgIpc) is 1.95. The zero-order valence-electron chi connectivity index (χ0n) is 7.25. The molecule has 0 heterocycles. The molecule has 3 nitrogen and oxygen atoms in total. The van der Waals surface area contributed by atoms with Crippen LogP contribution in [0.2, 0.25) is 0 Å². The molecule has 3 N–H and O–H groups in total. The van der Waals surface area contributed by atoms with Crippen molar-refractivity contribution in [3.8, 4) is 0 Å². The molecule has 12 heavy (non-hydrogen) atoms. The summed E-state index contributed by atoms with van der Waals surface area (Å²) in [6.07, 6.45) is 1.30. The highest BCUT2D eigenvalue weighted by Crippen LogP contribution is 2.42. The van der Waals surface area contributed by atoms with Crippen LogP contribution in [0, 0.1) is 5.41 Å². The molecule has 0 bridgehead atoms. The molecule has 0 aromatic heterocycles. The Labute approximate surface area is 76.7 Å². The van der Waals surface area contributed by atoms with Crippen LogP contribution in [-0.2, 0) is 4.79 Å². The number of hydrogen-bond acceptors (Lipinski definition) is 3. The third-order valence-corrected chi connectivity index (χ3v) is 3.51. The lowest BCUT2D eigenvalue weighted by molar-refractivity contribution is -0.153. The highest BCUT2D eigenvalue weighted by molar-refractivity contribution is 7.99. The highest BCUT2D eigenvalue weighted by Gasteiger charge is 2.48. The second kappa shape index (κ2) is 3.66. The number of carboxylic acids is 1. The van der Waals surface area contributed by atoms with E-state index in [0.29, 0.717) is 18.6 Å². The lowest BCUT2D eigenvalue weighted by atomic mass is 9.67. The molecule has 0 amide bonds. The lowest BCUT2D eigenvalue weighted by Gasteiger charge is -2.42. The van der Waals surface area contributed by atoms with Crippen LogP contribution in [-0.4, -0.2) is 28.6 Å². The van der Waals surface area contributed by atoms with Gasteiger partial charge in [0.05, 0.1) is 5.41 Å². The van der Waals surface area contributed by atoms with Gasteiger partial charge in [0.2, 0.25) is 0 Å². The van der Waals surface area contributed by atoms with Crippen molar-refractivity contribution >= 4 is 17.7 Å². The molecule has 4 heteroatoms. The number of carbonyl (C=O) groups is 1. The van der Waals surface area contributed by atoms with E-state index in [-0.39, 0.29) is 6.04 Å². The minimum atomic E-state index is -0.676. The van der Waals surface area contributed by atoms with Crippen molar-refractivity contribution in [3.63, 3.8) is 0 Å². The molecule has 0 unspecified atom stereocenters. The second-order valence-corrected chi connectivity index (χ2v) is 4.67. The number of nitrogens with two attached hydrogens (primary N) is 1. The fourth-order valence-corrected chi connectivity index (χ4v) is 2.55. The summed E-state index contributed by atoms with van der Waals surface area (Å²) in [4.78, 5) is 10.9. The van der Waals surface area contributed by atoms with Crippen molar-refractivity contribution in [2.45, 2.75) is 25.8 Å². The van der Waals surface area contributed by atoms with Gasteiger partial charge in [0.25, 0.3) is 0 Å². The zero-order valence-corrected chi connectivity index (χ0v) is 8.06. The Kier molecular flexibility index (Phi) is 3.01. The van der Waals surface area contributed by atoms with Gasteiger partial charge in [-0.3, -0.25) is 4.79 Å². The average molecular weight is 189 g/mol. The Morgan fingerprint density at radius 3 is 2.67 bits per heavy atom. The standard InChI is InChI=1S/C8H15NO2S/c1-2-12-5-8(7(10)11)3-6(9)4-8/h6H,2-5,9H2,1H3,(H,10,11). The molecule has 1 saturated carbocycles. The van der Waals surface area contributed by atoms with Gasteiger partial charge in [0.15, 0.2) is 0 Å². The monoisotopic (exact) mass is 189 g/mol. The number of aliphatic carboxylic acids is 1. The summed E-state index contributed by atoms with van der Waals surface area (Å²) in [5, 5.41) is 8.96. The summed E-state index contributed by atoms with van der Waals surface area (Å²) < 4.78 is 0. The third kappa shape index (κ3) is 1.75. The molecule has 0 aromatic rings. The maximum absolute atomic E-state index is 10.9. The van der Waals surface area contributed by atoms with E-state index < -0.39 is 11.4 Å². The van der Waals surface area contributed by atoms with Crippen LogP contribution >= 0.6 is 11.8 Å². The first-order valence-corrected chi connectivity index (χ1v) is 5.33. The molecule has 0 aliphatic heterocycles. The summed E-state index contributed by atoms with van der Waals surface area (Å²) in [6, 6.07) is 0.110. The van der Waals surface area contributed by atoms with E-state index in [2.05, 4.69) is 0 Å². The van der Waals surface area contributed by atoms with Crippen LogP contribution in [0.4, 0.5) is 0 Å². The first-order valence-electron chi connectivity index (χ1n) is 4.17. The smallest absolute Gasteiger partial charge is 0.310 e. The number of carboxylic acid groups (broad SMARTS) is 1. The number of hydrogen-bond donors (Lipinski definition) is 2. The molecular weight excluding hydrogens is 174 g/mol. The molecule has 1 fully saturated rings. The molecule has 0 saturated heterocycles. The normalized spacial score (nSPS) is 34.3. The minimum absolute atomic E-state index is 0.110. The molecule has 70 valence electrons. The zero-order chi connectivity index (χ0) is 9.19. The fourth-order valence-electron chi connectivity index (χ4n) is 1.60. The first-order chi connectivity index (χ1) is 5.60. The molecule has 0 atom stereocenters. The predicted octanol–water partition coefficient (Wildman–Crippen LogP) is 0.932.